The summed E-state index contributed by atoms with van der Waals surface area (Å²) in [6.07, 6.45) is 1.56. The molecule has 0 aromatic rings. The average Bonchev–Trinajstić information content (AvgIpc) is 2.03. The Hall–Kier alpha value is -1.36. The third-order valence-corrected chi connectivity index (χ3v) is 1.20. The van der Waals surface area contributed by atoms with Gasteiger partial charge in [-0.1, -0.05) is 6.08 Å². The molecule has 0 rings (SSSR count). The van der Waals surface area contributed by atoms with E-state index in [9.17, 15) is 9.59 Å². The third kappa shape index (κ3) is 7.02. The Balaban J connectivity index is 3.51. The van der Waals surface area contributed by atoms with E-state index in [1.165, 1.54) is 0 Å². The Kier molecular flexibility index (Phi) is 5.54. The van der Waals surface area contributed by atoms with Crippen molar-refractivity contribution >= 4 is 11.9 Å². The minimum absolute atomic E-state index is 0.138. The highest BCUT2D eigenvalue weighted by atomic mass is 16.5. The number of carbonyl (C=O) groups is 2. The standard InChI is InChI=1S/C8H13NO4/c1-3-6(2)9-7(10)4-13-5-8(11)12/h3,6H,1,4-5H2,2H3,(H,9,10)(H,11,12). The van der Waals surface area contributed by atoms with Crippen molar-refractivity contribution in [2.24, 2.45) is 0 Å². The molecule has 0 bridgehead atoms. The highest BCUT2D eigenvalue weighted by Gasteiger charge is 2.05. The molecule has 0 saturated heterocycles. The molecular weight excluding hydrogens is 174 g/mol. The summed E-state index contributed by atoms with van der Waals surface area (Å²) in [5.74, 6) is -1.45. The molecule has 1 amide bonds. The van der Waals surface area contributed by atoms with Crippen molar-refractivity contribution in [1.82, 2.24) is 5.32 Å². The summed E-state index contributed by atoms with van der Waals surface area (Å²) in [5.41, 5.74) is 0. The van der Waals surface area contributed by atoms with Gasteiger partial charge in [-0.25, -0.2) is 4.79 Å². The van der Waals surface area contributed by atoms with Crippen LogP contribution in [0, 0.1) is 0 Å². The Morgan fingerprint density at radius 2 is 2.23 bits per heavy atom. The summed E-state index contributed by atoms with van der Waals surface area (Å²) >= 11 is 0. The third-order valence-electron chi connectivity index (χ3n) is 1.20. The number of hydrogen-bond donors (Lipinski definition) is 2. The molecule has 0 aromatic heterocycles. The topological polar surface area (TPSA) is 75.6 Å². The minimum Gasteiger partial charge on any atom is -0.480 e. The average molecular weight is 187 g/mol. The lowest BCUT2D eigenvalue weighted by Crippen LogP contribution is -2.34. The minimum atomic E-state index is -1.09. The Labute approximate surface area is 76.4 Å². The second-order valence-electron chi connectivity index (χ2n) is 2.48. The first-order chi connectivity index (χ1) is 6.06. The first-order valence-corrected chi connectivity index (χ1v) is 3.77. The van der Waals surface area contributed by atoms with Gasteiger partial charge in [0.2, 0.25) is 5.91 Å². The molecule has 0 radical (unpaired) electrons. The number of hydrogen-bond acceptors (Lipinski definition) is 3. The van der Waals surface area contributed by atoms with Crippen LogP contribution in [-0.2, 0) is 14.3 Å². The Bertz CT molecular complexity index is 202. The maximum absolute atomic E-state index is 10.9. The van der Waals surface area contributed by atoms with Crippen LogP contribution in [0.3, 0.4) is 0 Å². The van der Waals surface area contributed by atoms with Crippen LogP contribution in [0.15, 0.2) is 12.7 Å². The van der Waals surface area contributed by atoms with Crippen LogP contribution < -0.4 is 5.32 Å². The highest BCUT2D eigenvalue weighted by molar-refractivity contribution is 5.78. The van der Waals surface area contributed by atoms with Gasteiger partial charge >= 0.3 is 5.97 Å². The molecule has 0 aliphatic rings. The normalized spacial score (nSPS) is 11.8. The molecule has 0 heterocycles. The lowest BCUT2D eigenvalue weighted by Gasteiger charge is -2.08. The van der Waals surface area contributed by atoms with Gasteiger partial charge in [0.25, 0.3) is 0 Å². The number of ether oxygens (including phenoxy) is 1. The van der Waals surface area contributed by atoms with Gasteiger partial charge in [0.15, 0.2) is 0 Å². The summed E-state index contributed by atoms with van der Waals surface area (Å²) < 4.78 is 4.56. The van der Waals surface area contributed by atoms with Gasteiger partial charge in [-0.05, 0) is 6.92 Å². The molecule has 13 heavy (non-hydrogen) atoms. The van der Waals surface area contributed by atoms with E-state index in [1.54, 1.807) is 13.0 Å². The molecule has 74 valence electrons. The summed E-state index contributed by atoms with van der Waals surface area (Å²) in [5, 5.41) is 10.7. The number of carboxylic acids is 1. The van der Waals surface area contributed by atoms with Crippen LogP contribution in [0.2, 0.25) is 0 Å². The predicted octanol–water partition coefficient (Wildman–Crippen LogP) is -0.222. The summed E-state index contributed by atoms with van der Waals surface area (Å²) in [4.78, 5) is 20.9. The number of rotatable bonds is 6. The van der Waals surface area contributed by atoms with Gasteiger partial charge < -0.3 is 15.2 Å². The molecule has 0 aliphatic carbocycles. The summed E-state index contributed by atoms with van der Waals surface area (Å²) in [6.45, 7) is 4.52. The monoisotopic (exact) mass is 187 g/mol. The fourth-order valence-electron chi connectivity index (χ4n) is 0.586. The highest BCUT2D eigenvalue weighted by Crippen LogP contribution is 1.82. The molecule has 0 fully saturated rings. The molecule has 5 nitrogen and oxygen atoms in total. The number of carbonyl (C=O) groups excluding carboxylic acids is 1. The van der Waals surface area contributed by atoms with Crippen LogP contribution >= 0.6 is 0 Å². The van der Waals surface area contributed by atoms with E-state index in [2.05, 4.69) is 16.6 Å². The Morgan fingerprint density at radius 1 is 1.62 bits per heavy atom. The molecule has 0 aromatic carbocycles. The second kappa shape index (κ2) is 6.19. The van der Waals surface area contributed by atoms with Crippen molar-refractivity contribution in [2.75, 3.05) is 13.2 Å². The second-order valence-corrected chi connectivity index (χ2v) is 2.48. The molecular formula is C8H13NO4. The zero-order valence-corrected chi connectivity index (χ0v) is 7.45. The van der Waals surface area contributed by atoms with Gasteiger partial charge in [-0.15, -0.1) is 6.58 Å². The molecule has 5 heteroatoms. The number of carboxylic acid groups (broad SMARTS) is 1. The number of amides is 1. The van der Waals surface area contributed by atoms with Gasteiger partial charge in [-0.2, -0.15) is 0 Å². The van der Waals surface area contributed by atoms with E-state index in [0.29, 0.717) is 0 Å². The summed E-state index contributed by atoms with van der Waals surface area (Å²) in [7, 11) is 0. The van der Waals surface area contributed by atoms with Crippen LogP contribution in [0.1, 0.15) is 6.92 Å². The molecule has 2 N–H and O–H groups in total. The van der Waals surface area contributed by atoms with Crippen LogP contribution in [0.5, 0.6) is 0 Å². The van der Waals surface area contributed by atoms with E-state index in [1.807, 2.05) is 0 Å². The summed E-state index contributed by atoms with van der Waals surface area (Å²) in [6, 6.07) is -0.138. The largest absolute Gasteiger partial charge is 0.480 e. The first-order valence-electron chi connectivity index (χ1n) is 3.77. The molecule has 1 atom stereocenters. The van der Waals surface area contributed by atoms with E-state index in [4.69, 9.17) is 5.11 Å². The molecule has 0 spiro atoms. The van der Waals surface area contributed by atoms with Crippen molar-refractivity contribution < 1.29 is 19.4 Å². The number of aliphatic carboxylic acids is 1. The van der Waals surface area contributed by atoms with Crippen LogP contribution in [0.25, 0.3) is 0 Å². The molecule has 0 aliphatic heterocycles. The van der Waals surface area contributed by atoms with Crippen molar-refractivity contribution in [3.8, 4) is 0 Å². The Morgan fingerprint density at radius 3 is 2.69 bits per heavy atom. The van der Waals surface area contributed by atoms with Gasteiger partial charge in [-0.3, -0.25) is 4.79 Å². The van der Waals surface area contributed by atoms with Gasteiger partial charge in [0.1, 0.15) is 13.2 Å². The smallest absolute Gasteiger partial charge is 0.329 e. The SMILES string of the molecule is C=CC(C)NC(=O)COCC(=O)O. The van der Waals surface area contributed by atoms with Crippen molar-refractivity contribution in [1.29, 1.82) is 0 Å². The fourth-order valence-corrected chi connectivity index (χ4v) is 0.586. The zero-order chi connectivity index (χ0) is 10.3. The van der Waals surface area contributed by atoms with Crippen LogP contribution in [0.4, 0.5) is 0 Å². The molecule has 0 saturated carbocycles. The van der Waals surface area contributed by atoms with E-state index >= 15 is 0 Å². The molecule has 1 unspecified atom stereocenters. The van der Waals surface area contributed by atoms with Crippen LogP contribution in [-0.4, -0.2) is 36.2 Å². The van der Waals surface area contributed by atoms with Gasteiger partial charge in [0.05, 0.1) is 0 Å². The van der Waals surface area contributed by atoms with E-state index in [0.717, 1.165) is 0 Å². The maximum Gasteiger partial charge on any atom is 0.329 e. The lowest BCUT2D eigenvalue weighted by atomic mass is 10.3. The van der Waals surface area contributed by atoms with Crippen molar-refractivity contribution in [2.45, 2.75) is 13.0 Å². The number of nitrogens with one attached hydrogen (secondary N) is 1. The van der Waals surface area contributed by atoms with Gasteiger partial charge in [0, 0.05) is 6.04 Å². The predicted molar refractivity (Wildman–Crippen MR) is 46.3 cm³/mol. The van der Waals surface area contributed by atoms with E-state index < -0.39 is 12.6 Å². The van der Waals surface area contributed by atoms with E-state index in [-0.39, 0.29) is 18.6 Å². The van der Waals surface area contributed by atoms with Crippen molar-refractivity contribution in [3.63, 3.8) is 0 Å². The zero-order valence-electron chi connectivity index (χ0n) is 7.45. The fraction of sp³-hybridized carbons (Fsp3) is 0.500. The quantitative estimate of drug-likeness (QED) is 0.563. The first kappa shape index (κ1) is 11.6. The maximum atomic E-state index is 10.9. The lowest BCUT2D eigenvalue weighted by molar-refractivity contribution is -0.143. The van der Waals surface area contributed by atoms with Crippen molar-refractivity contribution in [3.05, 3.63) is 12.7 Å².